The summed E-state index contributed by atoms with van der Waals surface area (Å²) >= 11 is 6.00. The van der Waals surface area contributed by atoms with Crippen molar-refractivity contribution in [2.75, 3.05) is 19.0 Å². The van der Waals surface area contributed by atoms with Gasteiger partial charge in [0.05, 0.1) is 6.10 Å². The van der Waals surface area contributed by atoms with Crippen molar-refractivity contribution in [3.63, 3.8) is 0 Å². The summed E-state index contributed by atoms with van der Waals surface area (Å²) in [4.78, 5) is 8.55. The van der Waals surface area contributed by atoms with E-state index in [9.17, 15) is 0 Å². The number of rotatable bonds is 6. The third-order valence-electron chi connectivity index (χ3n) is 3.25. The van der Waals surface area contributed by atoms with Gasteiger partial charge in [0, 0.05) is 25.8 Å². The standard InChI is InChI=1S/C13H20ClN3O2/c1-3-19-8-13-16-11(14)7-12(17-13)15-9-4-5-10(6-9)18-2/h7,9-10H,3-6,8H2,1-2H3,(H,15,16,17). The Balaban J connectivity index is 1.97. The number of aromatic nitrogens is 2. The van der Waals surface area contributed by atoms with Crippen molar-refractivity contribution in [1.82, 2.24) is 9.97 Å². The molecule has 0 aromatic carbocycles. The van der Waals surface area contributed by atoms with E-state index in [-0.39, 0.29) is 0 Å². The second-order valence-corrected chi connectivity index (χ2v) is 5.03. The van der Waals surface area contributed by atoms with Crippen LogP contribution >= 0.6 is 11.6 Å². The molecule has 2 unspecified atom stereocenters. The first-order valence-corrected chi connectivity index (χ1v) is 6.99. The van der Waals surface area contributed by atoms with Crippen molar-refractivity contribution >= 4 is 17.4 Å². The molecule has 1 N–H and O–H groups in total. The summed E-state index contributed by atoms with van der Waals surface area (Å²) < 4.78 is 10.7. The van der Waals surface area contributed by atoms with Crippen LogP contribution in [0.3, 0.4) is 0 Å². The molecular weight excluding hydrogens is 266 g/mol. The molecule has 1 aromatic rings. The minimum atomic E-state index is 0.345. The van der Waals surface area contributed by atoms with Crippen LogP contribution in [0.15, 0.2) is 6.07 Å². The first-order valence-electron chi connectivity index (χ1n) is 6.61. The second kappa shape index (κ2) is 7.03. The molecule has 0 bridgehead atoms. The Morgan fingerprint density at radius 3 is 2.95 bits per heavy atom. The molecule has 2 rings (SSSR count). The van der Waals surface area contributed by atoms with Crippen LogP contribution in [-0.2, 0) is 16.1 Å². The summed E-state index contributed by atoms with van der Waals surface area (Å²) in [6.07, 6.45) is 3.51. The monoisotopic (exact) mass is 285 g/mol. The van der Waals surface area contributed by atoms with Crippen molar-refractivity contribution < 1.29 is 9.47 Å². The van der Waals surface area contributed by atoms with Crippen molar-refractivity contribution in [1.29, 1.82) is 0 Å². The van der Waals surface area contributed by atoms with Crippen LogP contribution in [-0.4, -0.2) is 35.8 Å². The van der Waals surface area contributed by atoms with Crippen LogP contribution in [0.1, 0.15) is 32.0 Å². The SMILES string of the molecule is CCOCc1nc(Cl)cc(NC2CCC(OC)C2)n1. The number of ether oxygens (including phenoxy) is 2. The Morgan fingerprint density at radius 1 is 1.42 bits per heavy atom. The Morgan fingerprint density at radius 2 is 2.26 bits per heavy atom. The molecule has 1 aromatic heterocycles. The number of methoxy groups -OCH3 is 1. The molecule has 6 heteroatoms. The molecule has 0 radical (unpaired) electrons. The van der Waals surface area contributed by atoms with E-state index < -0.39 is 0 Å². The van der Waals surface area contributed by atoms with Crippen LogP contribution in [0.5, 0.6) is 0 Å². The fourth-order valence-corrected chi connectivity index (χ4v) is 2.49. The van der Waals surface area contributed by atoms with E-state index in [1.54, 1.807) is 13.2 Å². The van der Waals surface area contributed by atoms with Gasteiger partial charge in [-0.2, -0.15) is 0 Å². The van der Waals surface area contributed by atoms with Gasteiger partial charge in [0.1, 0.15) is 17.6 Å². The Bertz CT molecular complexity index is 417. The highest BCUT2D eigenvalue weighted by atomic mass is 35.5. The number of nitrogens with one attached hydrogen (secondary N) is 1. The van der Waals surface area contributed by atoms with E-state index >= 15 is 0 Å². The van der Waals surface area contributed by atoms with E-state index in [0.717, 1.165) is 25.1 Å². The molecule has 1 saturated carbocycles. The lowest BCUT2D eigenvalue weighted by Crippen LogP contribution is -2.18. The van der Waals surface area contributed by atoms with Crippen LogP contribution in [0.2, 0.25) is 5.15 Å². The molecular formula is C13H20ClN3O2. The highest BCUT2D eigenvalue weighted by molar-refractivity contribution is 6.29. The minimum Gasteiger partial charge on any atom is -0.381 e. The highest BCUT2D eigenvalue weighted by Gasteiger charge is 2.24. The van der Waals surface area contributed by atoms with Gasteiger partial charge in [-0.15, -0.1) is 0 Å². The summed E-state index contributed by atoms with van der Waals surface area (Å²) in [6, 6.07) is 2.13. The molecule has 5 nitrogen and oxygen atoms in total. The molecule has 0 aliphatic heterocycles. The fourth-order valence-electron chi connectivity index (χ4n) is 2.29. The van der Waals surface area contributed by atoms with E-state index in [1.807, 2.05) is 6.92 Å². The molecule has 0 saturated heterocycles. The van der Waals surface area contributed by atoms with Gasteiger partial charge < -0.3 is 14.8 Å². The van der Waals surface area contributed by atoms with Crippen molar-refractivity contribution in [2.24, 2.45) is 0 Å². The molecule has 1 aliphatic carbocycles. The number of hydrogen-bond acceptors (Lipinski definition) is 5. The maximum absolute atomic E-state index is 6.00. The third-order valence-corrected chi connectivity index (χ3v) is 3.44. The first kappa shape index (κ1) is 14.5. The van der Waals surface area contributed by atoms with Gasteiger partial charge in [0.2, 0.25) is 0 Å². The van der Waals surface area contributed by atoms with Gasteiger partial charge >= 0.3 is 0 Å². The normalized spacial score (nSPS) is 22.7. The Hall–Kier alpha value is -0.910. The average molecular weight is 286 g/mol. The summed E-state index contributed by atoms with van der Waals surface area (Å²) in [5.41, 5.74) is 0. The molecule has 1 fully saturated rings. The first-order chi connectivity index (χ1) is 9.21. The lowest BCUT2D eigenvalue weighted by molar-refractivity contribution is 0.108. The maximum atomic E-state index is 6.00. The largest absolute Gasteiger partial charge is 0.381 e. The van der Waals surface area contributed by atoms with Crippen LogP contribution < -0.4 is 5.32 Å². The van der Waals surface area contributed by atoms with Crippen molar-refractivity contribution in [2.45, 2.75) is 44.9 Å². The molecule has 106 valence electrons. The minimum absolute atomic E-state index is 0.345. The number of hydrogen-bond donors (Lipinski definition) is 1. The highest BCUT2D eigenvalue weighted by Crippen LogP contribution is 2.24. The predicted octanol–water partition coefficient (Wildman–Crippen LogP) is 2.65. The summed E-state index contributed by atoms with van der Waals surface area (Å²) in [6.45, 7) is 2.96. The van der Waals surface area contributed by atoms with Crippen LogP contribution in [0.4, 0.5) is 5.82 Å². The van der Waals surface area contributed by atoms with E-state index in [0.29, 0.717) is 36.3 Å². The van der Waals surface area contributed by atoms with Gasteiger partial charge in [-0.3, -0.25) is 0 Å². The number of nitrogens with zero attached hydrogens (tertiary/aromatic N) is 2. The van der Waals surface area contributed by atoms with Gasteiger partial charge in [-0.25, -0.2) is 9.97 Å². The van der Waals surface area contributed by atoms with Gasteiger partial charge in [0.15, 0.2) is 5.82 Å². The quantitative estimate of drug-likeness (QED) is 0.814. The molecule has 1 heterocycles. The van der Waals surface area contributed by atoms with E-state index in [2.05, 4.69) is 15.3 Å². The molecule has 0 amide bonds. The van der Waals surface area contributed by atoms with Crippen molar-refractivity contribution in [3.8, 4) is 0 Å². The van der Waals surface area contributed by atoms with Gasteiger partial charge in [0.25, 0.3) is 0 Å². The Labute approximate surface area is 118 Å². The zero-order valence-corrected chi connectivity index (χ0v) is 12.1. The summed E-state index contributed by atoms with van der Waals surface area (Å²) in [7, 11) is 1.76. The van der Waals surface area contributed by atoms with E-state index in [4.69, 9.17) is 21.1 Å². The Kier molecular flexibility index (Phi) is 5.36. The van der Waals surface area contributed by atoms with E-state index in [1.165, 1.54) is 0 Å². The lowest BCUT2D eigenvalue weighted by Gasteiger charge is -2.14. The summed E-state index contributed by atoms with van der Waals surface area (Å²) in [5.74, 6) is 1.37. The zero-order valence-electron chi connectivity index (χ0n) is 11.4. The molecule has 19 heavy (non-hydrogen) atoms. The van der Waals surface area contributed by atoms with Crippen LogP contribution in [0, 0.1) is 0 Å². The van der Waals surface area contributed by atoms with Crippen molar-refractivity contribution in [3.05, 3.63) is 17.0 Å². The topological polar surface area (TPSA) is 56.3 Å². The third kappa shape index (κ3) is 4.30. The summed E-state index contributed by atoms with van der Waals surface area (Å²) in [5, 5.41) is 3.83. The predicted molar refractivity (Wildman–Crippen MR) is 74.4 cm³/mol. The molecule has 2 atom stereocenters. The average Bonchev–Trinajstić information content (AvgIpc) is 2.83. The van der Waals surface area contributed by atoms with Crippen LogP contribution in [0.25, 0.3) is 0 Å². The van der Waals surface area contributed by atoms with Gasteiger partial charge in [-0.1, -0.05) is 11.6 Å². The lowest BCUT2D eigenvalue weighted by atomic mass is 10.2. The smallest absolute Gasteiger partial charge is 0.158 e. The fraction of sp³-hybridized carbons (Fsp3) is 0.692. The maximum Gasteiger partial charge on any atom is 0.158 e. The molecule has 0 spiro atoms. The zero-order chi connectivity index (χ0) is 13.7. The van der Waals surface area contributed by atoms with Gasteiger partial charge in [-0.05, 0) is 26.2 Å². The molecule has 1 aliphatic rings. The number of halogens is 1. The second-order valence-electron chi connectivity index (χ2n) is 4.64. The number of anilines is 1.